The highest BCUT2D eigenvalue weighted by atomic mass is 19.1. The summed E-state index contributed by atoms with van der Waals surface area (Å²) in [7, 11) is 1.46. The molecule has 2 atom stereocenters. The Kier molecular flexibility index (Phi) is 8.60. The van der Waals surface area contributed by atoms with Gasteiger partial charge in [-0.25, -0.2) is 4.39 Å². The van der Waals surface area contributed by atoms with Crippen molar-refractivity contribution in [3.63, 3.8) is 0 Å². The van der Waals surface area contributed by atoms with Crippen LogP contribution in [0.3, 0.4) is 0 Å². The Hall–Kier alpha value is -4.61. The van der Waals surface area contributed by atoms with Gasteiger partial charge in [0.05, 0.1) is 18.8 Å². The van der Waals surface area contributed by atoms with Crippen LogP contribution in [0.25, 0.3) is 0 Å². The SMILES string of the molecule is COc1ccc2cc1OCC(=O)N[C@@H]1CN(C(=O)CCc3c(C)noc3C)CC[C@@H]1Oc1cc(F)cc(c1)CNC2=O. The third-order valence-corrected chi connectivity index (χ3v) is 7.47. The first-order chi connectivity index (χ1) is 20.2. The summed E-state index contributed by atoms with van der Waals surface area (Å²) in [5.74, 6) is 0.0593. The summed E-state index contributed by atoms with van der Waals surface area (Å²) < 4.78 is 37.0. The molecule has 2 aromatic carbocycles. The monoisotopic (exact) mass is 580 g/mol. The zero-order valence-corrected chi connectivity index (χ0v) is 23.7. The van der Waals surface area contributed by atoms with Gasteiger partial charge in [0.2, 0.25) is 5.91 Å². The van der Waals surface area contributed by atoms with Gasteiger partial charge in [-0.15, -0.1) is 0 Å². The van der Waals surface area contributed by atoms with E-state index in [9.17, 15) is 18.8 Å². The molecule has 0 unspecified atom stereocenters. The Morgan fingerprint density at radius 3 is 2.79 bits per heavy atom. The number of carbonyl (C=O) groups is 3. The van der Waals surface area contributed by atoms with Crippen molar-refractivity contribution in [2.24, 2.45) is 0 Å². The molecule has 222 valence electrons. The smallest absolute Gasteiger partial charge is 0.258 e. The largest absolute Gasteiger partial charge is 0.493 e. The number of nitrogens with one attached hydrogen (secondary N) is 2. The predicted octanol–water partition coefficient (Wildman–Crippen LogP) is 2.86. The molecule has 5 rings (SSSR count). The zero-order valence-electron chi connectivity index (χ0n) is 23.7. The molecular weight excluding hydrogens is 547 g/mol. The van der Waals surface area contributed by atoms with E-state index in [-0.39, 0.29) is 49.1 Å². The molecule has 0 saturated carbocycles. The average molecular weight is 581 g/mol. The highest BCUT2D eigenvalue weighted by Crippen LogP contribution is 2.29. The summed E-state index contributed by atoms with van der Waals surface area (Å²) in [6.07, 6.45) is 0.606. The Bertz CT molecular complexity index is 1470. The maximum absolute atomic E-state index is 14.6. The maximum Gasteiger partial charge on any atom is 0.258 e. The molecule has 3 amide bonds. The third kappa shape index (κ3) is 6.64. The van der Waals surface area contributed by atoms with Crippen molar-refractivity contribution in [2.45, 2.75) is 51.8 Å². The fraction of sp³-hybridized carbons (Fsp3) is 0.400. The van der Waals surface area contributed by atoms with Gasteiger partial charge in [-0.2, -0.15) is 0 Å². The number of aryl methyl sites for hydroxylation is 2. The Balaban J connectivity index is 1.37. The number of piperidine rings is 1. The number of rotatable bonds is 4. The quantitative estimate of drug-likeness (QED) is 0.482. The maximum atomic E-state index is 14.6. The van der Waals surface area contributed by atoms with Crippen molar-refractivity contribution in [2.75, 3.05) is 26.8 Å². The highest BCUT2D eigenvalue weighted by molar-refractivity contribution is 5.95. The number of likely N-dealkylation sites (tertiary alicyclic amines) is 1. The predicted molar refractivity (Wildman–Crippen MR) is 148 cm³/mol. The number of nitrogens with zero attached hydrogens (tertiary/aromatic N) is 2. The molecule has 3 aromatic rings. The van der Waals surface area contributed by atoms with Gasteiger partial charge in [-0.3, -0.25) is 14.4 Å². The van der Waals surface area contributed by atoms with E-state index in [0.717, 1.165) is 11.3 Å². The van der Waals surface area contributed by atoms with E-state index >= 15 is 0 Å². The average Bonchev–Trinajstić information content (AvgIpc) is 3.29. The Morgan fingerprint density at radius 2 is 2.02 bits per heavy atom. The molecule has 11 nitrogen and oxygen atoms in total. The van der Waals surface area contributed by atoms with Gasteiger partial charge >= 0.3 is 0 Å². The van der Waals surface area contributed by atoms with Gasteiger partial charge in [0.1, 0.15) is 23.4 Å². The fourth-order valence-electron chi connectivity index (χ4n) is 5.26. The zero-order chi connectivity index (χ0) is 29.8. The lowest BCUT2D eigenvalue weighted by atomic mass is 10.00. The van der Waals surface area contributed by atoms with Crippen LogP contribution >= 0.6 is 0 Å². The number of hydrogen-bond donors (Lipinski definition) is 2. The number of carbonyl (C=O) groups excluding carboxylic acids is 3. The number of amides is 3. The number of ether oxygens (including phenoxy) is 3. The molecule has 42 heavy (non-hydrogen) atoms. The molecule has 2 aliphatic heterocycles. The van der Waals surface area contributed by atoms with Gasteiger partial charge in [0, 0.05) is 49.7 Å². The first-order valence-corrected chi connectivity index (χ1v) is 13.7. The topological polar surface area (TPSA) is 132 Å². The van der Waals surface area contributed by atoms with E-state index < -0.39 is 29.8 Å². The number of aromatic nitrogens is 1. The van der Waals surface area contributed by atoms with Crippen LogP contribution in [0, 0.1) is 19.7 Å². The van der Waals surface area contributed by atoms with Crippen molar-refractivity contribution < 1.29 is 37.5 Å². The Labute approximate surface area is 242 Å². The molecule has 2 aliphatic rings. The molecule has 0 spiro atoms. The van der Waals surface area contributed by atoms with Crippen LogP contribution in [-0.4, -0.2) is 66.7 Å². The molecule has 2 N–H and O–H groups in total. The van der Waals surface area contributed by atoms with E-state index in [1.807, 2.05) is 13.8 Å². The molecular formula is C30H33FN4O7. The van der Waals surface area contributed by atoms with Gasteiger partial charge in [-0.05, 0) is 56.2 Å². The molecule has 1 saturated heterocycles. The van der Waals surface area contributed by atoms with Crippen molar-refractivity contribution in [1.82, 2.24) is 20.7 Å². The van der Waals surface area contributed by atoms with Gasteiger partial charge in [0.15, 0.2) is 18.1 Å². The lowest BCUT2D eigenvalue weighted by Gasteiger charge is -2.39. The molecule has 12 heteroatoms. The number of benzene rings is 2. The third-order valence-electron chi connectivity index (χ3n) is 7.47. The van der Waals surface area contributed by atoms with E-state index in [4.69, 9.17) is 18.7 Å². The van der Waals surface area contributed by atoms with Crippen molar-refractivity contribution in [1.29, 1.82) is 0 Å². The Morgan fingerprint density at radius 1 is 1.19 bits per heavy atom. The summed E-state index contributed by atoms with van der Waals surface area (Å²) in [5.41, 5.74) is 2.45. The first-order valence-electron chi connectivity index (χ1n) is 13.7. The van der Waals surface area contributed by atoms with Crippen LogP contribution in [0.4, 0.5) is 4.39 Å². The van der Waals surface area contributed by atoms with E-state index in [1.54, 1.807) is 23.1 Å². The second-order valence-corrected chi connectivity index (χ2v) is 10.4. The van der Waals surface area contributed by atoms with Crippen LogP contribution in [-0.2, 0) is 22.6 Å². The van der Waals surface area contributed by atoms with Crippen molar-refractivity contribution >= 4 is 17.7 Å². The number of hydrogen-bond acceptors (Lipinski definition) is 8. The number of fused-ring (bicyclic) bond motifs is 5. The van der Waals surface area contributed by atoms with Crippen LogP contribution in [0.2, 0.25) is 0 Å². The van der Waals surface area contributed by atoms with Crippen molar-refractivity contribution in [3.8, 4) is 17.2 Å². The van der Waals surface area contributed by atoms with Gasteiger partial charge < -0.3 is 34.3 Å². The van der Waals surface area contributed by atoms with Gasteiger partial charge in [0.25, 0.3) is 11.8 Å². The summed E-state index contributed by atoms with van der Waals surface area (Å²) in [4.78, 5) is 40.7. The molecule has 4 bridgehead atoms. The highest BCUT2D eigenvalue weighted by Gasteiger charge is 2.34. The van der Waals surface area contributed by atoms with E-state index in [1.165, 1.54) is 25.3 Å². The first kappa shape index (κ1) is 28.9. The van der Waals surface area contributed by atoms with Crippen LogP contribution in [0.5, 0.6) is 17.2 Å². The normalized spacial score (nSPS) is 19.1. The minimum absolute atomic E-state index is 0.0629. The summed E-state index contributed by atoms with van der Waals surface area (Å²) >= 11 is 0. The van der Waals surface area contributed by atoms with Gasteiger partial charge in [-0.1, -0.05) is 5.16 Å². The molecule has 3 heterocycles. The van der Waals surface area contributed by atoms with Crippen LogP contribution in [0.15, 0.2) is 40.9 Å². The lowest BCUT2D eigenvalue weighted by molar-refractivity contribution is -0.135. The van der Waals surface area contributed by atoms with E-state index in [0.29, 0.717) is 36.5 Å². The standard InChI is InChI=1S/C30H33FN4O7/c1-17-23(18(2)42-34-17)5-7-29(37)35-9-8-25-24(15-35)33-28(36)16-40-27-12-20(4-6-26(27)39-3)30(38)32-14-19-10-21(31)13-22(11-19)41-25/h4,6,10-13,24-25H,5,7-9,14-16H2,1-3H3,(H,32,38)(H,33,36)/t24-,25+/m1/s1. The minimum atomic E-state index is -0.592. The molecule has 1 aromatic heterocycles. The molecule has 1 fully saturated rings. The summed E-state index contributed by atoms with van der Waals surface area (Å²) in [5, 5.41) is 9.65. The minimum Gasteiger partial charge on any atom is -0.493 e. The second kappa shape index (κ2) is 12.5. The summed E-state index contributed by atoms with van der Waals surface area (Å²) in [6.45, 7) is 3.95. The lowest BCUT2D eigenvalue weighted by Crippen LogP contribution is -2.58. The number of methoxy groups -OCH3 is 1. The molecule has 0 radical (unpaired) electrons. The molecule has 0 aliphatic carbocycles. The van der Waals surface area contributed by atoms with Crippen molar-refractivity contribution in [3.05, 3.63) is 70.4 Å². The van der Waals surface area contributed by atoms with Crippen LogP contribution < -0.4 is 24.8 Å². The summed E-state index contributed by atoms with van der Waals surface area (Å²) in [6, 6.07) is 8.25. The fourth-order valence-corrected chi connectivity index (χ4v) is 5.26. The van der Waals surface area contributed by atoms with E-state index in [2.05, 4.69) is 15.8 Å². The second-order valence-electron chi connectivity index (χ2n) is 10.4. The number of halogens is 1. The van der Waals surface area contributed by atoms with Crippen LogP contribution in [0.1, 0.15) is 45.8 Å².